The van der Waals surface area contributed by atoms with Crippen molar-refractivity contribution in [1.29, 1.82) is 0 Å². The SMILES string of the molecule is CCCCOCC(Oc1ccc(-c2nc(-c3ccccc3)nc(-c3ccccc3)n2)c(O)c1)C(=O)Cl. The molecule has 1 N–H and O–H groups in total. The largest absolute Gasteiger partial charge is 0.507 e. The number of ether oxygens (including phenoxy) is 2. The van der Waals surface area contributed by atoms with E-state index < -0.39 is 11.3 Å². The quantitative estimate of drug-likeness (QED) is 0.201. The van der Waals surface area contributed by atoms with Crippen LogP contribution in [0.1, 0.15) is 19.8 Å². The molecule has 4 rings (SSSR count). The van der Waals surface area contributed by atoms with Gasteiger partial charge in [0.15, 0.2) is 23.6 Å². The maximum absolute atomic E-state index is 11.8. The van der Waals surface area contributed by atoms with Crippen LogP contribution in [0.2, 0.25) is 0 Å². The molecule has 7 nitrogen and oxygen atoms in total. The molecular formula is C28H26ClN3O4. The van der Waals surface area contributed by atoms with Crippen LogP contribution in [0.15, 0.2) is 78.9 Å². The fraction of sp³-hybridized carbons (Fsp3) is 0.214. The molecule has 184 valence electrons. The maximum Gasteiger partial charge on any atom is 0.264 e. The lowest BCUT2D eigenvalue weighted by atomic mass is 10.1. The third kappa shape index (κ3) is 6.44. The average molecular weight is 504 g/mol. The number of phenolic OH excluding ortho intramolecular Hbond substituents is 1. The number of rotatable bonds is 11. The zero-order valence-corrected chi connectivity index (χ0v) is 20.6. The highest BCUT2D eigenvalue weighted by atomic mass is 35.5. The number of carbonyl (C=O) groups excluding carboxylic acids is 1. The van der Waals surface area contributed by atoms with E-state index in [0.29, 0.717) is 29.6 Å². The molecule has 1 unspecified atom stereocenters. The fourth-order valence-electron chi connectivity index (χ4n) is 3.45. The molecular weight excluding hydrogens is 478 g/mol. The van der Waals surface area contributed by atoms with E-state index in [1.165, 1.54) is 6.07 Å². The third-order valence-corrected chi connectivity index (χ3v) is 5.60. The van der Waals surface area contributed by atoms with Crippen molar-refractivity contribution >= 4 is 16.8 Å². The highest BCUT2D eigenvalue weighted by Gasteiger charge is 2.20. The number of nitrogens with zero attached hydrogens (tertiary/aromatic N) is 3. The van der Waals surface area contributed by atoms with Crippen molar-refractivity contribution in [2.45, 2.75) is 25.9 Å². The van der Waals surface area contributed by atoms with E-state index in [9.17, 15) is 9.90 Å². The molecule has 0 aliphatic carbocycles. The monoisotopic (exact) mass is 503 g/mol. The Morgan fingerprint density at radius 3 is 2.00 bits per heavy atom. The van der Waals surface area contributed by atoms with E-state index in [-0.39, 0.29) is 18.1 Å². The summed E-state index contributed by atoms with van der Waals surface area (Å²) in [6.45, 7) is 2.59. The van der Waals surface area contributed by atoms with Crippen molar-refractivity contribution in [2.24, 2.45) is 0 Å². The number of unbranched alkanes of at least 4 members (excludes halogenated alkanes) is 1. The molecule has 0 aliphatic rings. The number of hydrogen-bond acceptors (Lipinski definition) is 7. The molecule has 1 atom stereocenters. The topological polar surface area (TPSA) is 94.4 Å². The minimum atomic E-state index is -0.986. The average Bonchev–Trinajstić information content (AvgIpc) is 2.91. The summed E-state index contributed by atoms with van der Waals surface area (Å²) in [6, 6.07) is 23.8. The van der Waals surface area contributed by atoms with Gasteiger partial charge < -0.3 is 14.6 Å². The van der Waals surface area contributed by atoms with Gasteiger partial charge in [-0.15, -0.1) is 0 Å². The van der Waals surface area contributed by atoms with Crippen molar-refractivity contribution < 1.29 is 19.4 Å². The van der Waals surface area contributed by atoms with Gasteiger partial charge in [0.1, 0.15) is 11.5 Å². The van der Waals surface area contributed by atoms with E-state index in [1.54, 1.807) is 12.1 Å². The summed E-state index contributed by atoms with van der Waals surface area (Å²) < 4.78 is 11.2. The summed E-state index contributed by atoms with van der Waals surface area (Å²) >= 11 is 5.69. The van der Waals surface area contributed by atoms with E-state index in [1.807, 2.05) is 67.6 Å². The van der Waals surface area contributed by atoms with Crippen molar-refractivity contribution in [3.8, 4) is 45.7 Å². The van der Waals surface area contributed by atoms with Crippen LogP contribution in [-0.4, -0.2) is 44.6 Å². The Bertz CT molecular complexity index is 1250. The maximum atomic E-state index is 11.8. The summed E-state index contributed by atoms with van der Waals surface area (Å²) in [5.74, 6) is 1.44. The van der Waals surface area contributed by atoms with Gasteiger partial charge in [-0.2, -0.15) is 0 Å². The Morgan fingerprint density at radius 1 is 0.889 bits per heavy atom. The number of benzene rings is 3. The first kappa shape index (κ1) is 25.3. The number of aromatic hydroxyl groups is 1. The Kier molecular flexibility index (Phi) is 8.60. The molecule has 1 heterocycles. The van der Waals surface area contributed by atoms with Gasteiger partial charge in [-0.3, -0.25) is 4.79 Å². The number of hydrogen-bond donors (Lipinski definition) is 1. The van der Waals surface area contributed by atoms with Gasteiger partial charge in [-0.1, -0.05) is 74.0 Å². The molecule has 0 saturated heterocycles. The highest BCUT2D eigenvalue weighted by Crippen LogP contribution is 2.33. The zero-order chi connectivity index (χ0) is 25.3. The minimum Gasteiger partial charge on any atom is -0.507 e. The smallest absolute Gasteiger partial charge is 0.264 e. The lowest BCUT2D eigenvalue weighted by Crippen LogP contribution is -2.29. The summed E-state index contributed by atoms with van der Waals surface area (Å²) in [6.07, 6.45) is 0.867. The number of phenols is 1. The van der Waals surface area contributed by atoms with Crippen LogP contribution >= 0.6 is 11.6 Å². The van der Waals surface area contributed by atoms with Gasteiger partial charge in [-0.05, 0) is 30.2 Å². The first-order valence-corrected chi connectivity index (χ1v) is 12.1. The molecule has 3 aromatic carbocycles. The van der Waals surface area contributed by atoms with E-state index in [2.05, 4.69) is 15.0 Å². The van der Waals surface area contributed by atoms with E-state index >= 15 is 0 Å². The van der Waals surface area contributed by atoms with Crippen molar-refractivity contribution in [3.63, 3.8) is 0 Å². The first-order chi connectivity index (χ1) is 17.5. The highest BCUT2D eigenvalue weighted by molar-refractivity contribution is 6.64. The van der Waals surface area contributed by atoms with Crippen LogP contribution in [0.4, 0.5) is 0 Å². The predicted molar refractivity (Wildman–Crippen MR) is 139 cm³/mol. The molecule has 1 aromatic heterocycles. The molecule has 0 bridgehead atoms. The number of aromatic nitrogens is 3. The molecule has 4 aromatic rings. The molecule has 0 radical (unpaired) electrons. The van der Waals surface area contributed by atoms with Gasteiger partial charge in [0, 0.05) is 23.8 Å². The lowest BCUT2D eigenvalue weighted by Gasteiger charge is -2.16. The van der Waals surface area contributed by atoms with Crippen LogP contribution in [-0.2, 0) is 9.53 Å². The summed E-state index contributed by atoms with van der Waals surface area (Å²) in [5, 5.41) is 10.2. The standard InChI is InChI=1S/C28H26ClN3O4/c1-2-3-16-35-18-24(25(29)34)36-21-14-15-22(23(33)17-21)28-31-26(19-10-6-4-7-11-19)30-27(32-28)20-12-8-5-9-13-20/h4-15,17,24,33H,2-3,16,18H2,1H3. The van der Waals surface area contributed by atoms with Crippen LogP contribution < -0.4 is 4.74 Å². The van der Waals surface area contributed by atoms with Crippen molar-refractivity contribution in [2.75, 3.05) is 13.2 Å². The van der Waals surface area contributed by atoms with Crippen LogP contribution in [0, 0.1) is 0 Å². The molecule has 0 saturated carbocycles. The predicted octanol–water partition coefficient (Wildman–Crippen LogP) is 5.91. The van der Waals surface area contributed by atoms with Gasteiger partial charge in [0.05, 0.1) is 12.2 Å². The van der Waals surface area contributed by atoms with E-state index in [4.69, 9.17) is 21.1 Å². The Labute approximate surface area is 214 Å². The summed E-state index contributed by atoms with van der Waals surface area (Å²) in [7, 11) is 0. The van der Waals surface area contributed by atoms with Gasteiger partial charge in [0.25, 0.3) is 5.24 Å². The van der Waals surface area contributed by atoms with Crippen LogP contribution in [0.3, 0.4) is 0 Å². The zero-order valence-electron chi connectivity index (χ0n) is 19.8. The summed E-state index contributed by atoms with van der Waals surface area (Å²) in [4.78, 5) is 25.7. The molecule has 0 fully saturated rings. The Hall–Kier alpha value is -3.81. The minimum absolute atomic E-state index is 0.0270. The van der Waals surface area contributed by atoms with E-state index in [0.717, 1.165) is 24.0 Å². The molecule has 0 aliphatic heterocycles. The molecule has 36 heavy (non-hydrogen) atoms. The second-order valence-corrected chi connectivity index (χ2v) is 8.43. The summed E-state index contributed by atoms with van der Waals surface area (Å²) in [5.41, 5.74) is 2.04. The van der Waals surface area contributed by atoms with Gasteiger partial charge in [-0.25, -0.2) is 15.0 Å². The fourth-order valence-corrected chi connectivity index (χ4v) is 3.56. The second-order valence-electron chi connectivity index (χ2n) is 8.06. The van der Waals surface area contributed by atoms with Gasteiger partial charge in [0.2, 0.25) is 0 Å². The Balaban J connectivity index is 1.65. The number of halogens is 1. The van der Waals surface area contributed by atoms with Crippen LogP contribution in [0.25, 0.3) is 34.2 Å². The Morgan fingerprint density at radius 2 is 1.47 bits per heavy atom. The van der Waals surface area contributed by atoms with Gasteiger partial charge >= 0.3 is 0 Å². The molecule has 8 heteroatoms. The second kappa shape index (κ2) is 12.2. The molecule has 0 spiro atoms. The van der Waals surface area contributed by atoms with Crippen molar-refractivity contribution in [3.05, 3.63) is 78.9 Å². The van der Waals surface area contributed by atoms with Crippen LogP contribution in [0.5, 0.6) is 11.5 Å². The lowest BCUT2D eigenvalue weighted by molar-refractivity contribution is -0.120. The first-order valence-electron chi connectivity index (χ1n) is 11.7. The molecule has 0 amide bonds. The van der Waals surface area contributed by atoms with Crippen molar-refractivity contribution in [1.82, 2.24) is 15.0 Å². The number of carbonyl (C=O) groups is 1. The normalized spacial score (nSPS) is 11.7. The third-order valence-electron chi connectivity index (χ3n) is 5.35.